The summed E-state index contributed by atoms with van der Waals surface area (Å²) in [6.07, 6.45) is 1.50. The quantitative estimate of drug-likeness (QED) is 0.804. The number of methoxy groups -OCH3 is 1. The molecule has 1 saturated carbocycles. The molecule has 0 aromatic carbocycles. The highest BCUT2D eigenvalue weighted by molar-refractivity contribution is 5.76. The van der Waals surface area contributed by atoms with Gasteiger partial charge >= 0.3 is 0 Å². The lowest BCUT2D eigenvalue weighted by atomic mass is 9.56. The summed E-state index contributed by atoms with van der Waals surface area (Å²) in [6.45, 7) is 15.1. The largest absolute Gasteiger partial charge is 0.378 e. The number of ether oxygens (including phenoxy) is 1. The minimum Gasteiger partial charge on any atom is -0.378 e. The first-order valence-electron chi connectivity index (χ1n) is 8.61. The number of amides is 1. The minimum atomic E-state index is -0.124. The van der Waals surface area contributed by atoms with Gasteiger partial charge in [0, 0.05) is 57.7 Å². The summed E-state index contributed by atoms with van der Waals surface area (Å²) in [5.41, 5.74) is -0.133. The predicted octanol–water partition coefficient (Wildman–Crippen LogP) is 1.33. The third-order valence-corrected chi connectivity index (χ3v) is 6.18. The van der Waals surface area contributed by atoms with Gasteiger partial charge in [0.2, 0.25) is 5.91 Å². The van der Waals surface area contributed by atoms with E-state index in [0.29, 0.717) is 6.42 Å². The maximum atomic E-state index is 12.2. The summed E-state index contributed by atoms with van der Waals surface area (Å²) >= 11 is 0. The van der Waals surface area contributed by atoms with E-state index in [2.05, 4.69) is 42.8 Å². The van der Waals surface area contributed by atoms with E-state index in [0.717, 1.165) is 45.7 Å². The van der Waals surface area contributed by atoms with E-state index in [9.17, 15) is 4.79 Å². The van der Waals surface area contributed by atoms with Gasteiger partial charge in [-0.1, -0.05) is 20.8 Å². The number of nitrogens with zero attached hydrogens (tertiary/aromatic N) is 2. The molecule has 1 heterocycles. The second-order valence-electron chi connectivity index (χ2n) is 7.51. The van der Waals surface area contributed by atoms with Crippen molar-refractivity contribution in [2.24, 2.45) is 5.41 Å². The van der Waals surface area contributed by atoms with E-state index in [1.165, 1.54) is 0 Å². The van der Waals surface area contributed by atoms with Crippen molar-refractivity contribution in [3.63, 3.8) is 0 Å². The molecule has 5 nitrogen and oxygen atoms in total. The van der Waals surface area contributed by atoms with Gasteiger partial charge in [-0.15, -0.1) is 0 Å². The summed E-state index contributed by atoms with van der Waals surface area (Å²) in [5.74, 6) is 0.175. The third kappa shape index (κ3) is 3.47. The van der Waals surface area contributed by atoms with Crippen molar-refractivity contribution < 1.29 is 9.53 Å². The van der Waals surface area contributed by atoms with Crippen LogP contribution in [0.15, 0.2) is 0 Å². The van der Waals surface area contributed by atoms with Crippen LogP contribution in [0.5, 0.6) is 0 Å². The number of piperazine rings is 1. The molecule has 22 heavy (non-hydrogen) atoms. The topological polar surface area (TPSA) is 44.8 Å². The van der Waals surface area contributed by atoms with E-state index < -0.39 is 0 Å². The Labute approximate surface area is 135 Å². The molecule has 5 heteroatoms. The molecule has 0 spiro atoms. The monoisotopic (exact) mass is 311 g/mol. The highest BCUT2D eigenvalue weighted by Crippen LogP contribution is 2.51. The van der Waals surface area contributed by atoms with Gasteiger partial charge in [-0.05, 0) is 19.9 Å². The molecular weight excluding hydrogens is 278 g/mol. The SMILES string of the molecule is CCN1CCN(CCC(=O)N[C@@H]2C[C@](C)(OC)C2(C)C)CC1. The fraction of sp³-hybridized carbons (Fsp3) is 0.941. The Morgan fingerprint density at radius 2 is 1.77 bits per heavy atom. The van der Waals surface area contributed by atoms with Gasteiger partial charge in [0.05, 0.1) is 5.60 Å². The van der Waals surface area contributed by atoms with Gasteiger partial charge in [0.1, 0.15) is 0 Å². The summed E-state index contributed by atoms with van der Waals surface area (Å²) in [4.78, 5) is 17.1. The Bertz CT molecular complexity index is 391. The first-order valence-corrected chi connectivity index (χ1v) is 8.61. The zero-order valence-corrected chi connectivity index (χ0v) is 14.9. The number of likely N-dealkylation sites (N-methyl/N-ethyl adjacent to an activating group) is 1. The third-order valence-electron chi connectivity index (χ3n) is 6.18. The molecule has 0 unspecified atom stereocenters. The average Bonchev–Trinajstić information content (AvgIpc) is 2.52. The summed E-state index contributed by atoms with van der Waals surface area (Å²) in [7, 11) is 1.76. The van der Waals surface area contributed by atoms with Crippen molar-refractivity contribution in [3.05, 3.63) is 0 Å². The molecule has 2 atom stereocenters. The van der Waals surface area contributed by atoms with Gasteiger partial charge < -0.3 is 19.9 Å². The van der Waals surface area contributed by atoms with Crippen LogP contribution in [-0.4, -0.2) is 73.7 Å². The molecule has 0 aromatic heterocycles. The minimum absolute atomic E-state index is 0.00976. The normalized spacial score (nSPS) is 32.5. The van der Waals surface area contributed by atoms with Gasteiger partial charge in [-0.3, -0.25) is 4.79 Å². The van der Waals surface area contributed by atoms with Crippen molar-refractivity contribution in [1.82, 2.24) is 15.1 Å². The lowest BCUT2D eigenvalue weighted by Crippen LogP contribution is -2.68. The van der Waals surface area contributed by atoms with Gasteiger partial charge in [-0.2, -0.15) is 0 Å². The van der Waals surface area contributed by atoms with E-state index >= 15 is 0 Å². The van der Waals surface area contributed by atoms with E-state index in [1.807, 2.05) is 0 Å². The maximum absolute atomic E-state index is 12.2. The zero-order chi connectivity index (χ0) is 16.4. The highest BCUT2D eigenvalue weighted by Gasteiger charge is 2.58. The first-order chi connectivity index (χ1) is 10.3. The number of nitrogens with one attached hydrogen (secondary N) is 1. The van der Waals surface area contributed by atoms with Crippen molar-refractivity contribution in [2.75, 3.05) is 46.4 Å². The van der Waals surface area contributed by atoms with Gasteiger partial charge in [0.15, 0.2) is 0 Å². The number of carbonyl (C=O) groups is 1. The summed E-state index contributed by atoms with van der Waals surface area (Å²) in [6, 6.07) is 0.224. The molecule has 0 bridgehead atoms. The van der Waals surface area contributed by atoms with Crippen LogP contribution >= 0.6 is 0 Å². The molecule has 0 aromatic rings. The van der Waals surface area contributed by atoms with E-state index in [4.69, 9.17) is 4.74 Å². The molecule has 2 aliphatic rings. The van der Waals surface area contributed by atoms with Gasteiger partial charge in [-0.25, -0.2) is 0 Å². The smallest absolute Gasteiger partial charge is 0.221 e. The Balaban J connectivity index is 1.69. The Kier molecular flexibility index (Phi) is 5.51. The van der Waals surface area contributed by atoms with Crippen LogP contribution in [-0.2, 0) is 9.53 Å². The van der Waals surface area contributed by atoms with Crippen LogP contribution in [0.1, 0.15) is 40.5 Å². The summed E-state index contributed by atoms with van der Waals surface area (Å²) in [5, 5.41) is 3.20. The molecule has 1 N–H and O–H groups in total. The number of hydrogen-bond acceptors (Lipinski definition) is 4. The number of hydrogen-bond donors (Lipinski definition) is 1. The fourth-order valence-corrected chi connectivity index (χ4v) is 3.58. The zero-order valence-electron chi connectivity index (χ0n) is 14.9. The molecule has 1 aliphatic heterocycles. The molecule has 2 fully saturated rings. The van der Waals surface area contributed by atoms with Crippen LogP contribution in [0.3, 0.4) is 0 Å². The lowest BCUT2D eigenvalue weighted by molar-refractivity contribution is -0.182. The van der Waals surface area contributed by atoms with Crippen LogP contribution in [0.4, 0.5) is 0 Å². The Morgan fingerprint density at radius 1 is 1.18 bits per heavy atom. The second kappa shape index (κ2) is 6.85. The molecule has 1 saturated heterocycles. The molecule has 2 rings (SSSR count). The predicted molar refractivity (Wildman–Crippen MR) is 88.9 cm³/mol. The molecular formula is C17H33N3O2. The van der Waals surface area contributed by atoms with Crippen LogP contribution in [0, 0.1) is 5.41 Å². The Morgan fingerprint density at radius 3 is 2.27 bits per heavy atom. The van der Waals surface area contributed by atoms with Crippen LogP contribution in [0.2, 0.25) is 0 Å². The molecule has 128 valence electrons. The standard InChI is InChI=1S/C17H33N3O2/c1-6-19-9-11-20(12-10-19)8-7-15(21)18-14-13-17(4,22-5)16(14,2)3/h14H,6-13H2,1-5H3,(H,18,21)/t14-,17+/m1/s1. The van der Waals surface area contributed by atoms with Crippen LogP contribution < -0.4 is 5.32 Å². The number of carbonyl (C=O) groups excluding carboxylic acids is 1. The maximum Gasteiger partial charge on any atom is 0.221 e. The van der Waals surface area contributed by atoms with Crippen molar-refractivity contribution >= 4 is 5.91 Å². The van der Waals surface area contributed by atoms with Crippen molar-refractivity contribution in [3.8, 4) is 0 Å². The average molecular weight is 311 g/mol. The second-order valence-corrected chi connectivity index (χ2v) is 7.51. The summed E-state index contributed by atoms with van der Waals surface area (Å²) < 4.78 is 5.61. The van der Waals surface area contributed by atoms with E-state index in [1.54, 1.807) is 7.11 Å². The van der Waals surface area contributed by atoms with Crippen molar-refractivity contribution in [2.45, 2.75) is 52.2 Å². The molecule has 0 radical (unpaired) electrons. The number of rotatable bonds is 6. The molecule has 1 aliphatic carbocycles. The highest BCUT2D eigenvalue weighted by atomic mass is 16.5. The first kappa shape index (κ1) is 17.7. The fourth-order valence-electron chi connectivity index (χ4n) is 3.58. The van der Waals surface area contributed by atoms with Gasteiger partial charge in [0.25, 0.3) is 0 Å². The van der Waals surface area contributed by atoms with Crippen molar-refractivity contribution in [1.29, 1.82) is 0 Å². The Hall–Kier alpha value is -0.650. The van der Waals surface area contributed by atoms with Crippen LogP contribution in [0.25, 0.3) is 0 Å². The lowest BCUT2D eigenvalue weighted by Gasteiger charge is -2.59. The van der Waals surface area contributed by atoms with E-state index in [-0.39, 0.29) is 23.0 Å². The molecule has 1 amide bonds.